The van der Waals surface area contributed by atoms with Crippen LogP contribution in [0.1, 0.15) is 26.3 Å². The Morgan fingerprint density at radius 3 is 2.29 bits per heavy atom. The molecule has 0 bridgehead atoms. The van der Waals surface area contributed by atoms with Crippen molar-refractivity contribution in [2.75, 3.05) is 0 Å². The Morgan fingerprint density at radius 1 is 1.10 bits per heavy atom. The highest BCUT2D eigenvalue weighted by Gasteiger charge is 2.09. The van der Waals surface area contributed by atoms with E-state index in [-0.39, 0.29) is 11.3 Å². The molecule has 0 atom stereocenters. The average Bonchev–Trinajstić information content (AvgIpc) is 2.36. The molecule has 2 rings (SSSR count). The average molecular weight is 292 g/mol. The predicted octanol–water partition coefficient (Wildman–Crippen LogP) is 4.04. The van der Waals surface area contributed by atoms with E-state index in [1.165, 1.54) is 0 Å². The lowest BCUT2D eigenvalue weighted by Crippen LogP contribution is -2.35. The first kappa shape index (κ1) is 15.4. The van der Waals surface area contributed by atoms with Crippen molar-refractivity contribution < 1.29 is 13.5 Å². The molecule has 0 amide bonds. The maximum Gasteiger partial charge on any atom is 0.219 e. The van der Waals surface area contributed by atoms with Crippen molar-refractivity contribution in [2.45, 2.75) is 32.9 Å². The second-order valence-electron chi connectivity index (χ2n) is 5.82. The third kappa shape index (κ3) is 5.11. The highest BCUT2D eigenvalue weighted by atomic mass is 19.1. The zero-order chi connectivity index (χ0) is 15.5. The molecule has 0 spiro atoms. The van der Waals surface area contributed by atoms with Crippen LogP contribution in [0.2, 0.25) is 0 Å². The number of aromatic nitrogens is 1. The third-order valence-corrected chi connectivity index (χ3v) is 2.68. The first-order chi connectivity index (χ1) is 9.82. The van der Waals surface area contributed by atoms with Crippen LogP contribution in [0.15, 0.2) is 36.5 Å². The summed E-state index contributed by atoms with van der Waals surface area (Å²) in [6, 6.07) is 6.54. The van der Waals surface area contributed by atoms with E-state index in [2.05, 4.69) is 31.1 Å². The van der Waals surface area contributed by atoms with Crippen LogP contribution in [0.5, 0.6) is 11.6 Å². The molecule has 0 unspecified atom stereocenters. The van der Waals surface area contributed by atoms with E-state index in [1.807, 2.05) is 6.07 Å². The van der Waals surface area contributed by atoms with Gasteiger partial charge < -0.3 is 10.1 Å². The van der Waals surface area contributed by atoms with Gasteiger partial charge in [0.2, 0.25) is 5.88 Å². The molecule has 0 saturated heterocycles. The van der Waals surface area contributed by atoms with Gasteiger partial charge >= 0.3 is 0 Å². The fourth-order valence-electron chi connectivity index (χ4n) is 1.65. The van der Waals surface area contributed by atoms with Crippen LogP contribution in [0.3, 0.4) is 0 Å². The minimum absolute atomic E-state index is 0.0221. The molecule has 0 saturated carbocycles. The Hall–Kier alpha value is -2.01. The first-order valence-corrected chi connectivity index (χ1v) is 6.66. The van der Waals surface area contributed by atoms with Gasteiger partial charge in [0.1, 0.15) is 17.4 Å². The summed E-state index contributed by atoms with van der Waals surface area (Å²) in [7, 11) is 0. The van der Waals surface area contributed by atoms with Crippen LogP contribution >= 0.6 is 0 Å². The molecule has 1 N–H and O–H groups in total. The normalized spacial score (nSPS) is 11.5. The van der Waals surface area contributed by atoms with Crippen molar-refractivity contribution >= 4 is 0 Å². The molecule has 0 aliphatic carbocycles. The number of pyridine rings is 1. The smallest absolute Gasteiger partial charge is 0.219 e. The number of halogens is 2. The van der Waals surface area contributed by atoms with E-state index >= 15 is 0 Å². The predicted molar refractivity (Wildman–Crippen MR) is 77.3 cm³/mol. The number of hydrogen-bond donors (Lipinski definition) is 1. The summed E-state index contributed by atoms with van der Waals surface area (Å²) >= 11 is 0. The number of hydrogen-bond acceptors (Lipinski definition) is 3. The molecular formula is C16H18F2N2O. The van der Waals surface area contributed by atoms with Crippen LogP contribution in [-0.2, 0) is 6.54 Å². The van der Waals surface area contributed by atoms with Gasteiger partial charge in [-0.25, -0.2) is 13.8 Å². The second kappa shape index (κ2) is 6.18. The van der Waals surface area contributed by atoms with E-state index in [4.69, 9.17) is 4.74 Å². The molecule has 0 radical (unpaired) electrons. The molecule has 5 heteroatoms. The highest BCUT2D eigenvalue weighted by Crippen LogP contribution is 2.21. The Balaban J connectivity index is 2.02. The van der Waals surface area contributed by atoms with Gasteiger partial charge in [-0.2, -0.15) is 0 Å². The van der Waals surface area contributed by atoms with Gasteiger partial charge in [-0.15, -0.1) is 0 Å². The molecule has 3 nitrogen and oxygen atoms in total. The summed E-state index contributed by atoms with van der Waals surface area (Å²) in [6.45, 7) is 6.93. The Kier molecular flexibility index (Phi) is 4.53. The van der Waals surface area contributed by atoms with Gasteiger partial charge in [-0.3, -0.25) is 0 Å². The van der Waals surface area contributed by atoms with Crippen LogP contribution in [-0.4, -0.2) is 10.5 Å². The Bertz CT molecular complexity index is 586. The first-order valence-electron chi connectivity index (χ1n) is 6.66. The standard InChI is InChI=1S/C16H18F2N2O/c1-16(2,3)20-10-11-4-5-15(19-9-11)21-14-7-12(17)6-13(18)8-14/h4-9,20H,10H2,1-3H3. The van der Waals surface area contributed by atoms with Crippen LogP contribution < -0.4 is 10.1 Å². The minimum atomic E-state index is -0.684. The zero-order valence-corrected chi connectivity index (χ0v) is 12.3. The van der Waals surface area contributed by atoms with Crippen LogP contribution in [0.25, 0.3) is 0 Å². The van der Waals surface area contributed by atoms with E-state index in [0.29, 0.717) is 12.4 Å². The van der Waals surface area contributed by atoms with Crippen molar-refractivity contribution in [2.24, 2.45) is 0 Å². The van der Waals surface area contributed by atoms with Gasteiger partial charge in [0.25, 0.3) is 0 Å². The molecule has 21 heavy (non-hydrogen) atoms. The molecule has 0 aliphatic rings. The Labute approximate surface area is 123 Å². The van der Waals surface area contributed by atoms with Crippen molar-refractivity contribution in [3.63, 3.8) is 0 Å². The molecule has 2 aromatic rings. The zero-order valence-electron chi connectivity index (χ0n) is 12.3. The van der Waals surface area contributed by atoms with E-state index < -0.39 is 11.6 Å². The third-order valence-electron chi connectivity index (χ3n) is 2.68. The van der Waals surface area contributed by atoms with Gasteiger partial charge in [0.15, 0.2) is 0 Å². The lowest BCUT2D eigenvalue weighted by molar-refractivity contribution is 0.422. The van der Waals surface area contributed by atoms with Crippen molar-refractivity contribution in [3.8, 4) is 11.6 Å². The maximum atomic E-state index is 13.1. The minimum Gasteiger partial charge on any atom is -0.439 e. The van der Waals surface area contributed by atoms with Crippen molar-refractivity contribution in [1.82, 2.24) is 10.3 Å². The SMILES string of the molecule is CC(C)(C)NCc1ccc(Oc2cc(F)cc(F)c2)nc1. The highest BCUT2D eigenvalue weighted by molar-refractivity contribution is 5.29. The molecule has 1 heterocycles. The number of rotatable bonds is 4. The number of nitrogens with one attached hydrogen (secondary N) is 1. The van der Waals surface area contributed by atoms with Gasteiger partial charge in [0, 0.05) is 42.5 Å². The van der Waals surface area contributed by atoms with E-state index in [9.17, 15) is 8.78 Å². The largest absolute Gasteiger partial charge is 0.439 e. The maximum absolute atomic E-state index is 13.1. The number of nitrogens with zero attached hydrogens (tertiary/aromatic N) is 1. The summed E-state index contributed by atoms with van der Waals surface area (Å²) in [5.74, 6) is -0.993. The molecule has 1 aromatic carbocycles. The summed E-state index contributed by atoms with van der Waals surface area (Å²) in [4.78, 5) is 4.13. The molecule has 0 fully saturated rings. The van der Waals surface area contributed by atoms with E-state index in [1.54, 1.807) is 12.3 Å². The number of benzene rings is 1. The summed E-state index contributed by atoms with van der Waals surface area (Å²) in [5, 5.41) is 3.34. The lowest BCUT2D eigenvalue weighted by atomic mass is 10.1. The van der Waals surface area contributed by atoms with Gasteiger partial charge in [-0.1, -0.05) is 6.07 Å². The molecule has 1 aromatic heterocycles. The summed E-state index contributed by atoms with van der Waals surface area (Å²) in [6.07, 6.45) is 1.67. The molecule has 112 valence electrons. The van der Waals surface area contributed by atoms with Crippen molar-refractivity contribution in [1.29, 1.82) is 0 Å². The summed E-state index contributed by atoms with van der Waals surface area (Å²) in [5.41, 5.74) is 1.02. The number of ether oxygens (including phenoxy) is 1. The van der Waals surface area contributed by atoms with Gasteiger partial charge in [-0.05, 0) is 26.3 Å². The fourth-order valence-corrected chi connectivity index (χ4v) is 1.65. The molecule has 0 aliphatic heterocycles. The lowest BCUT2D eigenvalue weighted by Gasteiger charge is -2.20. The van der Waals surface area contributed by atoms with Gasteiger partial charge in [0.05, 0.1) is 0 Å². The molecular weight excluding hydrogens is 274 g/mol. The fraction of sp³-hybridized carbons (Fsp3) is 0.312. The quantitative estimate of drug-likeness (QED) is 0.923. The Morgan fingerprint density at radius 2 is 1.76 bits per heavy atom. The summed E-state index contributed by atoms with van der Waals surface area (Å²) < 4.78 is 31.4. The topological polar surface area (TPSA) is 34.1 Å². The van der Waals surface area contributed by atoms with E-state index in [0.717, 1.165) is 23.8 Å². The van der Waals surface area contributed by atoms with Crippen LogP contribution in [0, 0.1) is 11.6 Å². The monoisotopic (exact) mass is 292 g/mol. The van der Waals surface area contributed by atoms with Crippen LogP contribution in [0.4, 0.5) is 8.78 Å². The van der Waals surface area contributed by atoms with Crippen molar-refractivity contribution in [3.05, 3.63) is 53.7 Å². The second-order valence-corrected chi connectivity index (χ2v) is 5.82.